The van der Waals surface area contributed by atoms with Gasteiger partial charge in [-0.25, -0.2) is 4.39 Å². The molecule has 2 aromatic carbocycles. The summed E-state index contributed by atoms with van der Waals surface area (Å²) in [6, 6.07) is 14.3. The molecule has 1 N–H and O–H groups in total. The van der Waals surface area contributed by atoms with Crippen molar-refractivity contribution < 1.29 is 14.0 Å². The van der Waals surface area contributed by atoms with Gasteiger partial charge >= 0.3 is 0 Å². The van der Waals surface area contributed by atoms with Gasteiger partial charge in [0.15, 0.2) is 0 Å². The highest BCUT2D eigenvalue weighted by Gasteiger charge is 2.36. The molecule has 4 nitrogen and oxygen atoms in total. The van der Waals surface area contributed by atoms with Crippen LogP contribution in [0.1, 0.15) is 24.8 Å². The van der Waals surface area contributed by atoms with Crippen LogP contribution in [0, 0.1) is 5.82 Å². The van der Waals surface area contributed by atoms with E-state index in [0.29, 0.717) is 5.56 Å². The first kappa shape index (κ1) is 17.1. The van der Waals surface area contributed by atoms with E-state index in [9.17, 15) is 14.0 Å². The Hall–Kier alpha value is -2.34. The second kappa shape index (κ2) is 7.11. The number of carbonyl (C=O) groups excluding carboxylic acids is 2. The van der Waals surface area contributed by atoms with Gasteiger partial charge in [-0.05, 0) is 31.0 Å². The average molecular weight is 370 g/mol. The molecule has 2 aromatic rings. The van der Waals surface area contributed by atoms with Crippen LogP contribution in [0.15, 0.2) is 53.4 Å². The van der Waals surface area contributed by atoms with E-state index in [1.54, 1.807) is 23.1 Å². The number of thioether (sulfide) groups is 1. The van der Waals surface area contributed by atoms with Gasteiger partial charge in [0.25, 0.3) is 0 Å². The number of fused-ring (bicyclic) bond motifs is 1. The number of carbonyl (C=O) groups is 2. The van der Waals surface area contributed by atoms with Gasteiger partial charge < -0.3 is 10.2 Å². The van der Waals surface area contributed by atoms with Gasteiger partial charge in [0.05, 0.1) is 10.9 Å². The fraction of sp³-hybridized carbons (Fsp3) is 0.300. The number of rotatable bonds is 5. The summed E-state index contributed by atoms with van der Waals surface area (Å²) < 4.78 is 14.0. The molecular weight excluding hydrogens is 351 g/mol. The minimum Gasteiger partial charge on any atom is -0.335 e. The number of nitrogens with zero attached hydrogens (tertiary/aromatic N) is 1. The van der Waals surface area contributed by atoms with Crippen molar-refractivity contribution in [2.75, 3.05) is 5.32 Å². The Morgan fingerprint density at radius 1 is 1.15 bits per heavy atom. The lowest BCUT2D eigenvalue weighted by Crippen LogP contribution is -2.38. The van der Waals surface area contributed by atoms with Crippen molar-refractivity contribution in [2.45, 2.75) is 42.0 Å². The fourth-order valence-corrected chi connectivity index (χ4v) is 4.22. The molecule has 1 heterocycles. The van der Waals surface area contributed by atoms with Crippen LogP contribution in [0.5, 0.6) is 0 Å². The highest BCUT2D eigenvalue weighted by molar-refractivity contribution is 8.01. The van der Waals surface area contributed by atoms with E-state index in [2.05, 4.69) is 5.32 Å². The van der Waals surface area contributed by atoms with Crippen LogP contribution in [0.25, 0.3) is 0 Å². The average Bonchev–Trinajstić information content (AvgIpc) is 3.46. The Balaban J connectivity index is 1.47. The molecule has 0 radical (unpaired) electrons. The smallest absolute Gasteiger partial charge is 0.238 e. The molecule has 1 fully saturated rings. The van der Waals surface area contributed by atoms with Crippen LogP contribution in [-0.4, -0.2) is 28.0 Å². The maximum Gasteiger partial charge on any atom is 0.238 e. The maximum absolute atomic E-state index is 14.0. The lowest BCUT2D eigenvalue weighted by molar-refractivity contribution is -0.133. The second-order valence-corrected chi connectivity index (χ2v) is 7.88. The van der Waals surface area contributed by atoms with Crippen molar-refractivity contribution in [3.63, 3.8) is 0 Å². The summed E-state index contributed by atoms with van der Waals surface area (Å²) in [6.07, 6.45) is 2.00. The molecule has 0 aromatic heterocycles. The van der Waals surface area contributed by atoms with Gasteiger partial charge in [0, 0.05) is 29.5 Å². The molecule has 1 aliphatic carbocycles. The first-order valence-electron chi connectivity index (χ1n) is 8.71. The first-order valence-corrected chi connectivity index (χ1v) is 9.59. The number of anilines is 1. The molecule has 2 aliphatic rings. The molecule has 1 atom stereocenters. The topological polar surface area (TPSA) is 49.4 Å². The molecule has 26 heavy (non-hydrogen) atoms. The number of hydrogen-bond acceptors (Lipinski definition) is 3. The Morgan fingerprint density at radius 2 is 1.88 bits per heavy atom. The lowest BCUT2D eigenvalue weighted by Gasteiger charge is -2.27. The summed E-state index contributed by atoms with van der Waals surface area (Å²) in [6.45, 7) is 0.256. The summed E-state index contributed by atoms with van der Waals surface area (Å²) in [5.74, 6) is -0.545. The monoisotopic (exact) mass is 370 g/mol. The summed E-state index contributed by atoms with van der Waals surface area (Å²) in [7, 11) is 0. The van der Waals surface area contributed by atoms with Gasteiger partial charge in [0.2, 0.25) is 11.8 Å². The SMILES string of the molecule is O=C1Nc2ccccc2SC1CC(=O)N(Cc1ccccc1F)C1CC1. The minimum absolute atomic E-state index is 0.0946. The van der Waals surface area contributed by atoms with Crippen molar-refractivity contribution in [3.05, 3.63) is 59.9 Å². The number of halogens is 1. The third kappa shape index (κ3) is 3.60. The molecule has 0 bridgehead atoms. The second-order valence-electron chi connectivity index (χ2n) is 6.64. The van der Waals surface area contributed by atoms with Crippen molar-refractivity contribution in [2.24, 2.45) is 0 Å². The van der Waals surface area contributed by atoms with E-state index in [1.165, 1.54) is 17.8 Å². The lowest BCUT2D eigenvalue weighted by atomic mass is 10.1. The zero-order valence-electron chi connectivity index (χ0n) is 14.2. The predicted molar refractivity (Wildman–Crippen MR) is 99.3 cm³/mol. The van der Waals surface area contributed by atoms with Gasteiger partial charge in [-0.15, -0.1) is 11.8 Å². The molecule has 2 amide bonds. The van der Waals surface area contributed by atoms with E-state index in [-0.39, 0.29) is 36.6 Å². The van der Waals surface area contributed by atoms with Gasteiger partial charge in [-0.1, -0.05) is 30.3 Å². The third-order valence-corrected chi connectivity index (χ3v) is 5.95. The number of para-hydroxylation sites is 1. The number of nitrogens with one attached hydrogen (secondary N) is 1. The van der Waals surface area contributed by atoms with E-state index in [0.717, 1.165) is 23.4 Å². The van der Waals surface area contributed by atoms with Crippen LogP contribution < -0.4 is 5.32 Å². The Labute approximate surface area is 155 Å². The van der Waals surface area contributed by atoms with Gasteiger partial charge in [-0.2, -0.15) is 0 Å². The molecule has 0 spiro atoms. The predicted octanol–water partition coefficient (Wildman–Crippen LogP) is 3.82. The summed E-state index contributed by atoms with van der Waals surface area (Å²) in [5.41, 5.74) is 1.30. The van der Waals surface area contributed by atoms with E-state index in [4.69, 9.17) is 0 Å². The molecule has 4 rings (SSSR count). The molecular formula is C20H19FN2O2S. The third-order valence-electron chi connectivity index (χ3n) is 4.67. The van der Waals surface area contributed by atoms with Crippen molar-refractivity contribution in [1.29, 1.82) is 0 Å². The zero-order valence-corrected chi connectivity index (χ0v) is 15.0. The number of benzene rings is 2. The van der Waals surface area contributed by atoms with E-state index in [1.807, 2.05) is 24.3 Å². The van der Waals surface area contributed by atoms with Crippen LogP contribution in [0.3, 0.4) is 0 Å². The van der Waals surface area contributed by atoms with Crippen LogP contribution >= 0.6 is 11.8 Å². The zero-order chi connectivity index (χ0) is 18.1. The Morgan fingerprint density at radius 3 is 2.65 bits per heavy atom. The van der Waals surface area contributed by atoms with Gasteiger partial charge in [0.1, 0.15) is 5.82 Å². The van der Waals surface area contributed by atoms with Gasteiger partial charge in [-0.3, -0.25) is 9.59 Å². The molecule has 134 valence electrons. The van der Waals surface area contributed by atoms with Crippen LogP contribution in [0.2, 0.25) is 0 Å². The van der Waals surface area contributed by atoms with E-state index < -0.39 is 5.25 Å². The molecule has 0 saturated heterocycles. The number of amides is 2. The van der Waals surface area contributed by atoms with Crippen molar-refractivity contribution in [1.82, 2.24) is 4.90 Å². The molecule has 1 aliphatic heterocycles. The van der Waals surface area contributed by atoms with Crippen molar-refractivity contribution >= 4 is 29.3 Å². The van der Waals surface area contributed by atoms with Crippen LogP contribution in [-0.2, 0) is 16.1 Å². The molecule has 1 saturated carbocycles. The highest BCUT2D eigenvalue weighted by atomic mass is 32.2. The molecule has 6 heteroatoms. The normalized spacial score (nSPS) is 18.8. The highest BCUT2D eigenvalue weighted by Crippen LogP contribution is 2.38. The van der Waals surface area contributed by atoms with Crippen molar-refractivity contribution in [3.8, 4) is 0 Å². The Bertz CT molecular complexity index is 853. The molecule has 1 unspecified atom stereocenters. The minimum atomic E-state index is -0.459. The first-order chi connectivity index (χ1) is 12.6. The quantitative estimate of drug-likeness (QED) is 0.870. The summed E-state index contributed by atoms with van der Waals surface area (Å²) in [4.78, 5) is 27.9. The Kier molecular flexibility index (Phi) is 4.68. The number of hydrogen-bond donors (Lipinski definition) is 1. The standard InChI is InChI=1S/C20H19FN2O2S/c21-15-6-2-1-5-13(15)12-23(14-9-10-14)19(24)11-18-20(25)22-16-7-3-4-8-17(16)26-18/h1-8,14,18H,9-12H2,(H,22,25). The van der Waals surface area contributed by atoms with Crippen LogP contribution in [0.4, 0.5) is 10.1 Å². The summed E-state index contributed by atoms with van der Waals surface area (Å²) >= 11 is 1.42. The maximum atomic E-state index is 14.0. The summed E-state index contributed by atoms with van der Waals surface area (Å²) in [5, 5.41) is 2.41. The largest absolute Gasteiger partial charge is 0.335 e. The fourth-order valence-electron chi connectivity index (χ4n) is 3.12. The van der Waals surface area contributed by atoms with E-state index >= 15 is 0 Å².